The number of urea groups is 1. The number of amides is 2. The zero-order valence-electron chi connectivity index (χ0n) is 12.9. The Morgan fingerprint density at radius 3 is 2.67 bits per heavy atom. The molecule has 2 rings (SSSR count). The highest BCUT2D eigenvalue weighted by Crippen LogP contribution is 2.26. The molecule has 0 atom stereocenters. The topological polar surface area (TPSA) is 88.2 Å². The van der Waals surface area contributed by atoms with E-state index in [4.69, 9.17) is 0 Å². The highest BCUT2D eigenvalue weighted by molar-refractivity contribution is 5.90. The van der Waals surface area contributed by atoms with Crippen molar-refractivity contribution in [2.45, 2.75) is 13.5 Å². The minimum absolute atomic E-state index is 0.0192. The van der Waals surface area contributed by atoms with Crippen LogP contribution in [0.2, 0.25) is 0 Å². The smallest absolute Gasteiger partial charge is 0.387 e. The summed E-state index contributed by atoms with van der Waals surface area (Å²) in [6.45, 7) is -0.567. The Bertz CT molecular complexity index is 670. The summed E-state index contributed by atoms with van der Waals surface area (Å²) in [4.78, 5) is 19.8. The molecule has 0 fully saturated rings. The molecule has 0 saturated carbocycles. The first-order valence-electron chi connectivity index (χ1n) is 7.16. The maximum absolute atomic E-state index is 12.3. The highest BCUT2D eigenvalue weighted by atomic mass is 19.3. The lowest BCUT2D eigenvalue weighted by molar-refractivity contribution is -0.0502. The first-order chi connectivity index (χ1) is 11.6. The zero-order chi connectivity index (χ0) is 17.4. The van der Waals surface area contributed by atoms with Gasteiger partial charge in [0.15, 0.2) is 0 Å². The third kappa shape index (κ3) is 5.34. The van der Waals surface area contributed by atoms with Crippen LogP contribution in [0.25, 0.3) is 0 Å². The molecule has 1 aromatic heterocycles. The van der Waals surface area contributed by atoms with Gasteiger partial charge < -0.3 is 20.7 Å². The number of rotatable bonds is 7. The van der Waals surface area contributed by atoms with Crippen molar-refractivity contribution in [2.24, 2.45) is 0 Å². The van der Waals surface area contributed by atoms with Crippen LogP contribution in [0.4, 0.5) is 25.2 Å². The Labute approximate surface area is 137 Å². The molecule has 0 aliphatic heterocycles. The third-order valence-corrected chi connectivity index (χ3v) is 3.01. The second kappa shape index (κ2) is 8.61. The monoisotopic (exact) mass is 337 g/mol. The Morgan fingerprint density at radius 1 is 1.21 bits per heavy atom. The van der Waals surface area contributed by atoms with Gasteiger partial charge in [-0.2, -0.15) is 8.78 Å². The maximum Gasteiger partial charge on any atom is 0.387 e. The van der Waals surface area contributed by atoms with Crippen molar-refractivity contribution >= 4 is 17.7 Å². The van der Waals surface area contributed by atoms with E-state index in [1.807, 2.05) is 0 Å². The van der Waals surface area contributed by atoms with Crippen molar-refractivity contribution in [1.29, 1.82) is 0 Å². The molecule has 7 nitrogen and oxygen atoms in total. The molecule has 128 valence electrons. The quantitative estimate of drug-likeness (QED) is 0.676. The minimum atomic E-state index is -2.92. The average molecular weight is 337 g/mol. The van der Waals surface area contributed by atoms with Gasteiger partial charge >= 0.3 is 12.6 Å². The number of aromatic nitrogens is 2. The van der Waals surface area contributed by atoms with Crippen LogP contribution < -0.4 is 20.7 Å². The maximum atomic E-state index is 12.3. The molecule has 1 aromatic carbocycles. The van der Waals surface area contributed by atoms with Crippen LogP contribution in [0.15, 0.2) is 36.7 Å². The number of hydrogen-bond acceptors (Lipinski definition) is 5. The molecular weight excluding hydrogens is 320 g/mol. The summed E-state index contributed by atoms with van der Waals surface area (Å²) in [5.41, 5.74) is 0.814. The SMILES string of the molecule is Cc1c(NC(=O)NCCNc2ncccn2)cccc1OC(F)F. The number of anilines is 2. The molecule has 0 aliphatic rings. The van der Waals surface area contributed by atoms with Gasteiger partial charge in [-0.05, 0) is 25.1 Å². The summed E-state index contributed by atoms with van der Waals surface area (Å²) in [5, 5.41) is 8.16. The van der Waals surface area contributed by atoms with Crippen LogP contribution >= 0.6 is 0 Å². The summed E-state index contributed by atoms with van der Waals surface area (Å²) in [6.07, 6.45) is 3.21. The molecule has 9 heteroatoms. The molecule has 3 N–H and O–H groups in total. The fourth-order valence-electron chi connectivity index (χ4n) is 1.88. The Hall–Kier alpha value is -2.97. The fourth-order valence-corrected chi connectivity index (χ4v) is 1.88. The number of benzene rings is 1. The fraction of sp³-hybridized carbons (Fsp3) is 0.267. The predicted octanol–water partition coefficient (Wildman–Crippen LogP) is 2.62. The number of carbonyl (C=O) groups excluding carboxylic acids is 1. The molecular formula is C15H17F2N5O2. The minimum Gasteiger partial charge on any atom is -0.434 e. The number of halogens is 2. The summed E-state index contributed by atoms with van der Waals surface area (Å²) in [5.74, 6) is 0.484. The molecule has 24 heavy (non-hydrogen) atoms. The lowest BCUT2D eigenvalue weighted by Gasteiger charge is -2.13. The molecule has 0 bridgehead atoms. The summed E-state index contributed by atoms with van der Waals surface area (Å²) in [6, 6.07) is 5.78. The van der Waals surface area contributed by atoms with Gasteiger partial charge in [0, 0.05) is 36.7 Å². The van der Waals surface area contributed by atoms with Crippen LogP contribution in [0, 0.1) is 6.92 Å². The van der Waals surface area contributed by atoms with Gasteiger partial charge in [-0.25, -0.2) is 14.8 Å². The van der Waals surface area contributed by atoms with Gasteiger partial charge in [0.1, 0.15) is 5.75 Å². The van der Waals surface area contributed by atoms with Gasteiger partial charge in [0.05, 0.1) is 0 Å². The number of alkyl halides is 2. The van der Waals surface area contributed by atoms with Crippen molar-refractivity contribution in [1.82, 2.24) is 15.3 Å². The number of ether oxygens (including phenoxy) is 1. The second-order valence-corrected chi connectivity index (χ2v) is 4.69. The van der Waals surface area contributed by atoms with E-state index in [1.54, 1.807) is 31.5 Å². The summed E-state index contributed by atoms with van der Waals surface area (Å²) in [7, 11) is 0. The highest BCUT2D eigenvalue weighted by Gasteiger charge is 2.11. The van der Waals surface area contributed by atoms with Crippen molar-refractivity contribution in [3.63, 3.8) is 0 Å². The van der Waals surface area contributed by atoms with E-state index in [1.165, 1.54) is 12.1 Å². The second-order valence-electron chi connectivity index (χ2n) is 4.69. The van der Waals surface area contributed by atoms with Crippen LogP contribution in [-0.4, -0.2) is 35.7 Å². The standard InChI is InChI=1S/C15H17F2N5O2/c1-10-11(4-2-5-12(10)24-13(16)17)22-15(23)21-9-8-20-14-18-6-3-7-19-14/h2-7,13H,8-9H2,1H3,(H,18,19,20)(H2,21,22,23). The number of hydrogen-bond donors (Lipinski definition) is 3. The van der Waals surface area contributed by atoms with Gasteiger partial charge in [-0.1, -0.05) is 6.07 Å². The number of carbonyl (C=O) groups is 1. The lowest BCUT2D eigenvalue weighted by atomic mass is 10.2. The van der Waals surface area contributed by atoms with E-state index in [0.717, 1.165) is 0 Å². The van der Waals surface area contributed by atoms with E-state index >= 15 is 0 Å². The number of nitrogens with one attached hydrogen (secondary N) is 3. The zero-order valence-corrected chi connectivity index (χ0v) is 12.9. The molecule has 0 saturated heterocycles. The van der Waals surface area contributed by atoms with Crippen molar-refractivity contribution < 1.29 is 18.3 Å². The Kier molecular flexibility index (Phi) is 6.23. The third-order valence-electron chi connectivity index (χ3n) is 3.01. The first kappa shape index (κ1) is 17.4. The van der Waals surface area contributed by atoms with Gasteiger partial charge in [0.25, 0.3) is 0 Å². The molecule has 0 aliphatic carbocycles. The molecule has 2 amide bonds. The molecule has 1 heterocycles. The van der Waals surface area contributed by atoms with Gasteiger partial charge in [-0.3, -0.25) is 0 Å². The Balaban J connectivity index is 1.80. The summed E-state index contributed by atoms with van der Waals surface area (Å²) >= 11 is 0. The van der Waals surface area contributed by atoms with Crippen LogP contribution in [0.1, 0.15) is 5.56 Å². The van der Waals surface area contributed by atoms with Crippen molar-refractivity contribution in [3.8, 4) is 5.75 Å². The normalized spacial score (nSPS) is 10.3. The van der Waals surface area contributed by atoms with Crippen LogP contribution in [0.3, 0.4) is 0 Å². The summed E-state index contributed by atoms with van der Waals surface area (Å²) < 4.78 is 29.0. The van der Waals surface area contributed by atoms with E-state index < -0.39 is 12.6 Å². The number of nitrogens with zero attached hydrogens (tertiary/aromatic N) is 2. The van der Waals surface area contributed by atoms with Crippen LogP contribution in [-0.2, 0) is 0 Å². The van der Waals surface area contributed by atoms with Crippen molar-refractivity contribution in [2.75, 3.05) is 23.7 Å². The van der Waals surface area contributed by atoms with E-state index in [-0.39, 0.29) is 5.75 Å². The molecule has 0 spiro atoms. The van der Waals surface area contributed by atoms with Gasteiger partial charge in [0.2, 0.25) is 5.95 Å². The largest absolute Gasteiger partial charge is 0.434 e. The predicted molar refractivity (Wildman–Crippen MR) is 85.4 cm³/mol. The van der Waals surface area contributed by atoms with Gasteiger partial charge in [-0.15, -0.1) is 0 Å². The van der Waals surface area contributed by atoms with E-state index in [0.29, 0.717) is 30.3 Å². The van der Waals surface area contributed by atoms with E-state index in [9.17, 15) is 13.6 Å². The average Bonchev–Trinajstić information content (AvgIpc) is 2.56. The molecule has 2 aromatic rings. The molecule has 0 unspecified atom stereocenters. The van der Waals surface area contributed by atoms with E-state index in [2.05, 4.69) is 30.7 Å². The Morgan fingerprint density at radius 2 is 1.96 bits per heavy atom. The lowest BCUT2D eigenvalue weighted by Crippen LogP contribution is -2.33. The van der Waals surface area contributed by atoms with Crippen LogP contribution in [0.5, 0.6) is 5.75 Å². The first-order valence-corrected chi connectivity index (χ1v) is 7.16. The van der Waals surface area contributed by atoms with Crippen molar-refractivity contribution in [3.05, 3.63) is 42.2 Å². The molecule has 0 radical (unpaired) electrons.